The molecule has 0 saturated carbocycles. The fraction of sp³-hybridized carbons (Fsp3) is 0.0952. The van der Waals surface area contributed by atoms with Crippen molar-refractivity contribution in [2.75, 3.05) is 5.32 Å². The number of hydrogen-bond donors (Lipinski definition) is 2. The SMILES string of the molecule is Cc1c(C(=O)Nc2ccc(Cl)cc2[C@@H](O)c2ccccc2)cccc1[N+](=O)[O-]. The lowest BCUT2D eigenvalue weighted by molar-refractivity contribution is -0.385. The molecule has 28 heavy (non-hydrogen) atoms. The number of nitro groups is 1. The maximum Gasteiger partial charge on any atom is 0.273 e. The summed E-state index contributed by atoms with van der Waals surface area (Å²) in [7, 11) is 0. The number of anilines is 1. The summed E-state index contributed by atoms with van der Waals surface area (Å²) in [5.41, 5.74) is 1.76. The molecule has 0 heterocycles. The first-order valence-corrected chi connectivity index (χ1v) is 8.84. The highest BCUT2D eigenvalue weighted by molar-refractivity contribution is 6.30. The van der Waals surface area contributed by atoms with Crippen LogP contribution in [0.2, 0.25) is 5.02 Å². The van der Waals surface area contributed by atoms with E-state index >= 15 is 0 Å². The number of benzene rings is 3. The van der Waals surface area contributed by atoms with Crippen molar-refractivity contribution in [3.8, 4) is 0 Å². The summed E-state index contributed by atoms with van der Waals surface area (Å²) in [6.07, 6.45) is -0.999. The van der Waals surface area contributed by atoms with Crippen molar-refractivity contribution in [3.63, 3.8) is 0 Å². The van der Waals surface area contributed by atoms with Crippen LogP contribution in [0.1, 0.15) is 33.2 Å². The summed E-state index contributed by atoms with van der Waals surface area (Å²) in [4.78, 5) is 23.3. The van der Waals surface area contributed by atoms with Gasteiger partial charge in [0.25, 0.3) is 11.6 Å². The minimum atomic E-state index is -0.999. The fourth-order valence-corrected chi connectivity index (χ4v) is 3.13. The Bertz CT molecular complexity index is 1040. The van der Waals surface area contributed by atoms with Gasteiger partial charge in [0, 0.05) is 33.5 Å². The minimum absolute atomic E-state index is 0.131. The first-order chi connectivity index (χ1) is 13.4. The number of aliphatic hydroxyl groups is 1. The number of carbonyl (C=O) groups is 1. The molecule has 1 atom stereocenters. The van der Waals surface area contributed by atoms with Crippen LogP contribution in [0.3, 0.4) is 0 Å². The third kappa shape index (κ3) is 4.03. The van der Waals surface area contributed by atoms with Gasteiger partial charge in [-0.3, -0.25) is 14.9 Å². The standard InChI is InChI=1S/C21H17ClN2O4/c1-13-16(8-5-9-19(13)24(27)28)21(26)23-18-11-10-15(22)12-17(18)20(25)14-6-3-2-4-7-14/h2-12,20,25H,1H3,(H,23,26)/t20-/m0/s1. The van der Waals surface area contributed by atoms with Gasteiger partial charge in [-0.05, 0) is 36.8 Å². The van der Waals surface area contributed by atoms with Crippen molar-refractivity contribution in [1.82, 2.24) is 0 Å². The van der Waals surface area contributed by atoms with E-state index in [4.69, 9.17) is 11.6 Å². The van der Waals surface area contributed by atoms with Crippen molar-refractivity contribution < 1.29 is 14.8 Å². The topological polar surface area (TPSA) is 92.5 Å². The average Bonchev–Trinajstić information content (AvgIpc) is 2.69. The van der Waals surface area contributed by atoms with Gasteiger partial charge in [-0.2, -0.15) is 0 Å². The van der Waals surface area contributed by atoms with E-state index in [0.29, 0.717) is 21.8 Å². The van der Waals surface area contributed by atoms with E-state index in [1.807, 2.05) is 6.07 Å². The predicted octanol–water partition coefficient (Wildman–Crippen LogP) is 4.89. The quantitative estimate of drug-likeness (QED) is 0.474. The van der Waals surface area contributed by atoms with Gasteiger partial charge in [0.1, 0.15) is 6.10 Å². The number of nitrogens with one attached hydrogen (secondary N) is 1. The summed E-state index contributed by atoms with van der Waals surface area (Å²) in [6, 6.07) is 18.1. The third-order valence-corrected chi connectivity index (χ3v) is 4.65. The smallest absolute Gasteiger partial charge is 0.273 e. The first kappa shape index (κ1) is 19.5. The molecule has 6 nitrogen and oxygen atoms in total. The molecule has 142 valence electrons. The van der Waals surface area contributed by atoms with Crippen LogP contribution in [0, 0.1) is 17.0 Å². The van der Waals surface area contributed by atoms with Crippen LogP contribution in [-0.2, 0) is 0 Å². The number of amides is 1. The summed E-state index contributed by atoms with van der Waals surface area (Å²) in [5.74, 6) is -0.509. The zero-order valence-corrected chi connectivity index (χ0v) is 15.7. The average molecular weight is 397 g/mol. The number of nitrogens with zero attached hydrogens (tertiary/aromatic N) is 1. The molecule has 0 spiro atoms. The Morgan fingerprint density at radius 3 is 2.50 bits per heavy atom. The van der Waals surface area contributed by atoms with Crippen molar-refractivity contribution in [3.05, 3.63) is 104 Å². The summed E-state index contributed by atoms with van der Waals surface area (Å²) in [5, 5.41) is 25.0. The molecule has 0 aliphatic carbocycles. The summed E-state index contributed by atoms with van der Waals surface area (Å²) < 4.78 is 0. The second-order valence-corrected chi connectivity index (χ2v) is 6.64. The van der Waals surface area contributed by atoms with Gasteiger partial charge in [-0.1, -0.05) is 48.0 Å². The zero-order valence-electron chi connectivity index (χ0n) is 14.9. The van der Waals surface area contributed by atoms with Gasteiger partial charge in [-0.15, -0.1) is 0 Å². The number of carbonyl (C=O) groups excluding carboxylic acids is 1. The van der Waals surface area contributed by atoms with E-state index in [1.54, 1.807) is 42.5 Å². The molecular formula is C21H17ClN2O4. The molecule has 3 rings (SSSR count). The van der Waals surface area contributed by atoms with E-state index in [-0.39, 0.29) is 16.8 Å². The Balaban J connectivity index is 1.96. The second-order valence-electron chi connectivity index (χ2n) is 6.21. The van der Waals surface area contributed by atoms with E-state index < -0.39 is 16.9 Å². The molecule has 0 aliphatic rings. The molecule has 0 bridgehead atoms. The molecule has 0 radical (unpaired) electrons. The molecule has 0 fully saturated rings. The third-order valence-electron chi connectivity index (χ3n) is 4.42. The normalized spacial score (nSPS) is 11.7. The monoisotopic (exact) mass is 396 g/mol. The Morgan fingerprint density at radius 2 is 1.82 bits per heavy atom. The van der Waals surface area contributed by atoms with E-state index in [0.717, 1.165) is 0 Å². The van der Waals surface area contributed by atoms with Gasteiger partial charge in [0.05, 0.1) is 4.92 Å². The summed E-state index contributed by atoms with van der Waals surface area (Å²) >= 11 is 6.08. The largest absolute Gasteiger partial charge is 0.384 e. The van der Waals surface area contributed by atoms with Gasteiger partial charge in [0.2, 0.25) is 0 Å². The maximum atomic E-state index is 12.8. The lowest BCUT2D eigenvalue weighted by Crippen LogP contribution is -2.16. The van der Waals surface area contributed by atoms with Gasteiger partial charge >= 0.3 is 0 Å². The maximum absolute atomic E-state index is 12.8. The van der Waals surface area contributed by atoms with Crippen molar-refractivity contribution >= 4 is 28.9 Å². The van der Waals surface area contributed by atoms with Gasteiger partial charge in [-0.25, -0.2) is 0 Å². The number of nitro benzene ring substituents is 1. The molecule has 0 unspecified atom stereocenters. The minimum Gasteiger partial charge on any atom is -0.384 e. The van der Waals surface area contributed by atoms with Crippen LogP contribution in [-0.4, -0.2) is 15.9 Å². The van der Waals surface area contributed by atoms with Crippen molar-refractivity contribution in [1.29, 1.82) is 0 Å². The second kappa shape index (κ2) is 8.21. The molecule has 3 aromatic carbocycles. The highest BCUT2D eigenvalue weighted by Gasteiger charge is 2.21. The van der Waals surface area contributed by atoms with Crippen LogP contribution >= 0.6 is 11.6 Å². The lowest BCUT2D eigenvalue weighted by Gasteiger charge is -2.17. The van der Waals surface area contributed by atoms with Crippen LogP contribution in [0.15, 0.2) is 66.7 Å². The van der Waals surface area contributed by atoms with E-state index in [1.165, 1.54) is 25.1 Å². The predicted molar refractivity (Wildman–Crippen MR) is 108 cm³/mol. The van der Waals surface area contributed by atoms with Crippen molar-refractivity contribution in [2.24, 2.45) is 0 Å². The molecule has 0 saturated heterocycles. The van der Waals surface area contributed by atoms with E-state index in [9.17, 15) is 20.0 Å². The Labute approximate surface area is 166 Å². The van der Waals surface area contributed by atoms with Crippen LogP contribution in [0.4, 0.5) is 11.4 Å². The van der Waals surface area contributed by atoms with Crippen LogP contribution < -0.4 is 5.32 Å². The molecule has 7 heteroatoms. The highest BCUT2D eigenvalue weighted by Crippen LogP contribution is 2.31. The molecule has 0 aromatic heterocycles. The molecule has 3 aromatic rings. The molecule has 0 aliphatic heterocycles. The summed E-state index contributed by atoms with van der Waals surface area (Å²) in [6.45, 7) is 1.52. The van der Waals surface area contributed by atoms with Gasteiger partial charge < -0.3 is 10.4 Å². The fourth-order valence-electron chi connectivity index (χ4n) is 2.95. The number of hydrogen-bond acceptors (Lipinski definition) is 4. The number of halogens is 1. The van der Waals surface area contributed by atoms with Crippen LogP contribution in [0.5, 0.6) is 0 Å². The number of rotatable bonds is 5. The van der Waals surface area contributed by atoms with Crippen molar-refractivity contribution in [2.45, 2.75) is 13.0 Å². The Hall–Kier alpha value is -3.22. The molecule has 1 amide bonds. The first-order valence-electron chi connectivity index (χ1n) is 8.46. The Kier molecular flexibility index (Phi) is 5.73. The Morgan fingerprint density at radius 1 is 1.11 bits per heavy atom. The highest BCUT2D eigenvalue weighted by atomic mass is 35.5. The lowest BCUT2D eigenvalue weighted by atomic mass is 9.99. The molecular weight excluding hydrogens is 380 g/mol. The number of aliphatic hydroxyl groups excluding tert-OH is 1. The van der Waals surface area contributed by atoms with Gasteiger partial charge in [0.15, 0.2) is 0 Å². The van der Waals surface area contributed by atoms with Crippen LogP contribution in [0.25, 0.3) is 0 Å². The zero-order chi connectivity index (χ0) is 20.3. The van der Waals surface area contributed by atoms with E-state index in [2.05, 4.69) is 5.32 Å². The molecule has 2 N–H and O–H groups in total.